The Morgan fingerprint density at radius 3 is 2.82 bits per heavy atom. The lowest BCUT2D eigenvalue weighted by Crippen LogP contribution is -2.20. The van der Waals surface area contributed by atoms with Gasteiger partial charge in [0.1, 0.15) is 0 Å². The van der Waals surface area contributed by atoms with Gasteiger partial charge in [0.15, 0.2) is 5.82 Å². The van der Waals surface area contributed by atoms with Crippen molar-refractivity contribution in [3.63, 3.8) is 0 Å². The lowest BCUT2D eigenvalue weighted by Gasteiger charge is -2.25. The molecule has 2 aromatic heterocycles. The molecule has 0 radical (unpaired) electrons. The second-order valence-electron chi connectivity index (χ2n) is 5.02. The van der Waals surface area contributed by atoms with Gasteiger partial charge < -0.3 is 0 Å². The zero-order valence-electron chi connectivity index (χ0n) is 11.1. The van der Waals surface area contributed by atoms with Crippen molar-refractivity contribution in [3.8, 4) is 5.69 Å². The normalized spacial score (nSPS) is 17.1. The lowest BCUT2D eigenvalue weighted by molar-refractivity contribution is -0.138. The van der Waals surface area contributed by atoms with Crippen molar-refractivity contribution in [2.75, 3.05) is 0 Å². The number of fused-ring (bicyclic) bond motifs is 3. The fraction of sp³-hybridized carbons (Fsp3) is 0.214. The number of aromatic nitrogens is 4. The molecule has 0 saturated carbocycles. The van der Waals surface area contributed by atoms with E-state index in [0.717, 1.165) is 16.6 Å². The highest BCUT2D eigenvalue weighted by molar-refractivity contribution is 7.10. The van der Waals surface area contributed by atoms with Crippen LogP contribution in [0.3, 0.4) is 0 Å². The van der Waals surface area contributed by atoms with Crippen LogP contribution in [0, 0.1) is 0 Å². The van der Waals surface area contributed by atoms with Gasteiger partial charge in [-0.05, 0) is 33.5 Å². The predicted molar refractivity (Wildman–Crippen MR) is 74.0 cm³/mol. The highest BCUT2D eigenvalue weighted by Gasteiger charge is 2.38. The molecule has 3 aromatic rings. The van der Waals surface area contributed by atoms with Crippen molar-refractivity contribution in [2.45, 2.75) is 18.5 Å². The minimum atomic E-state index is -4.38. The van der Waals surface area contributed by atoms with Crippen LogP contribution >= 0.6 is 11.3 Å². The Labute approximate surface area is 127 Å². The van der Waals surface area contributed by atoms with Crippen molar-refractivity contribution < 1.29 is 13.2 Å². The quantitative estimate of drug-likeness (QED) is 0.689. The van der Waals surface area contributed by atoms with Gasteiger partial charge in [-0.25, -0.2) is 0 Å². The Bertz CT molecular complexity index is 836. The molecule has 1 aliphatic rings. The molecule has 112 valence electrons. The predicted octanol–water partition coefficient (Wildman–Crippen LogP) is 3.43. The van der Waals surface area contributed by atoms with Gasteiger partial charge in [0.25, 0.3) is 0 Å². The van der Waals surface area contributed by atoms with E-state index >= 15 is 0 Å². The molecule has 0 spiro atoms. The monoisotopic (exact) mass is 322 g/mol. The molecule has 1 unspecified atom stereocenters. The van der Waals surface area contributed by atoms with Crippen LogP contribution < -0.4 is 0 Å². The Morgan fingerprint density at radius 1 is 1.18 bits per heavy atom. The van der Waals surface area contributed by atoms with E-state index in [0.29, 0.717) is 12.2 Å². The first-order valence-electron chi connectivity index (χ1n) is 6.57. The summed E-state index contributed by atoms with van der Waals surface area (Å²) < 4.78 is 41.5. The summed E-state index contributed by atoms with van der Waals surface area (Å²) in [6.07, 6.45) is -4.02. The summed E-state index contributed by atoms with van der Waals surface area (Å²) in [6, 6.07) is 7.54. The highest BCUT2D eigenvalue weighted by atomic mass is 32.1. The van der Waals surface area contributed by atoms with E-state index in [1.54, 1.807) is 10.7 Å². The number of hydrogen-bond acceptors (Lipinski definition) is 4. The average Bonchev–Trinajstić information content (AvgIpc) is 3.13. The summed E-state index contributed by atoms with van der Waals surface area (Å²) >= 11 is 1.43. The first kappa shape index (κ1) is 13.4. The van der Waals surface area contributed by atoms with E-state index in [4.69, 9.17) is 0 Å². The van der Waals surface area contributed by atoms with Crippen LogP contribution in [-0.2, 0) is 12.6 Å². The van der Waals surface area contributed by atoms with Crippen LogP contribution in [0.15, 0.2) is 35.7 Å². The Morgan fingerprint density at radius 2 is 2.00 bits per heavy atom. The zero-order chi connectivity index (χ0) is 15.3. The molecule has 8 heteroatoms. The van der Waals surface area contributed by atoms with Crippen molar-refractivity contribution in [1.82, 2.24) is 20.2 Å². The topological polar surface area (TPSA) is 43.6 Å². The van der Waals surface area contributed by atoms with Crippen molar-refractivity contribution in [2.24, 2.45) is 0 Å². The number of tetrazole rings is 1. The molecular weight excluding hydrogens is 313 g/mol. The number of alkyl halides is 3. The van der Waals surface area contributed by atoms with Crippen LogP contribution in [0.5, 0.6) is 0 Å². The highest BCUT2D eigenvalue weighted by Crippen LogP contribution is 2.43. The standard InChI is InChI=1S/C14H9F3N4S/c15-14(16,17)10-4-2-1-3-8(10)9-7-12-18-19-20-21(12)11-5-6-22-13(9)11/h1-6,9H,7H2. The van der Waals surface area contributed by atoms with E-state index in [2.05, 4.69) is 15.5 Å². The summed E-state index contributed by atoms with van der Waals surface area (Å²) in [7, 11) is 0. The second kappa shape index (κ2) is 4.64. The molecule has 0 N–H and O–H groups in total. The molecule has 1 aromatic carbocycles. The van der Waals surface area contributed by atoms with E-state index in [9.17, 15) is 13.2 Å². The number of halogens is 3. The van der Waals surface area contributed by atoms with Gasteiger partial charge in [0, 0.05) is 17.2 Å². The molecule has 22 heavy (non-hydrogen) atoms. The molecule has 4 rings (SSSR count). The van der Waals surface area contributed by atoms with Crippen LogP contribution in [0.25, 0.3) is 5.69 Å². The smallest absolute Gasteiger partial charge is 0.196 e. The third kappa shape index (κ3) is 1.94. The summed E-state index contributed by atoms with van der Waals surface area (Å²) in [4.78, 5) is 0.858. The molecular formula is C14H9F3N4S. The maximum atomic E-state index is 13.3. The molecule has 0 fully saturated rings. The summed E-state index contributed by atoms with van der Waals surface area (Å²) in [5.74, 6) is 0.194. The average molecular weight is 322 g/mol. The molecule has 0 aliphatic carbocycles. The Balaban J connectivity index is 1.90. The van der Waals surface area contributed by atoms with Crippen LogP contribution in [0.4, 0.5) is 13.2 Å². The van der Waals surface area contributed by atoms with E-state index in [1.165, 1.54) is 23.5 Å². The third-order valence-corrected chi connectivity index (χ3v) is 4.80. The Kier molecular flexibility index (Phi) is 2.83. The van der Waals surface area contributed by atoms with Gasteiger partial charge in [0.05, 0.1) is 11.3 Å². The minimum absolute atomic E-state index is 0.271. The van der Waals surface area contributed by atoms with Crippen molar-refractivity contribution in [3.05, 3.63) is 57.5 Å². The van der Waals surface area contributed by atoms with Crippen LogP contribution in [0.1, 0.15) is 27.7 Å². The summed E-state index contributed by atoms with van der Waals surface area (Å²) in [5, 5.41) is 13.3. The third-order valence-electron chi connectivity index (χ3n) is 3.78. The molecule has 4 nitrogen and oxygen atoms in total. The minimum Gasteiger partial charge on any atom is -0.196 e. The first-order valence-corrected chi connectivity index (χ1v) is 7.45. The number of rotatable bonds is 1. The van der Waals surface area contributed by atoms with E-state index in [-0.39, 0.29) is 11.5 Å². The van der Waals surface area contributed by atoms with Gasteiger partial charge >= 0.3 is 6.18 Å². The van der Waals surface area contributed by atoms with Gasteiger partial charge in [-0.1, -0.05) is 18.2 Å². The Hall–Kier alpha value is -2.22. The SMILES string of the molecule is FC(F)(F)c1ccccc1C1Cc2nnnn2-c2ccsc21. The van der Waals surface area contributed by atoms with Gasteiger partial charge in [-0.2, -0.15) is 17.9 Å². The van der Waals surface area contributed by atoms with Crippen LogP contribution in [0.2, 0.25) is 0 Å². The maximum Gasteiger partial charge on any atom is 0.416 e. The second-order valence-corrected chi connectivity index (χ2v) is 5.97. The molecule has 0 saturated heterocycles. The van der Waals surface area contributed by atoms with Gasteiger partial charge in [-0.15, -0.1) is 16.4 Å². The van der Waals surface area contributed by atoms with E-state index < -0.39 is 11.7 Å². The summed E-state index contributed by atoms with van der Waals surface area (Å²) in [5.41, 5.74) is 0.437. The van der Waals surface area contributed by atoms with Gasteiger partial charge in [-0.3, -0.25) is 0 Å². The first-order chi connectivity index (χ1) is 10.6. The number of benzene rings is 1. The lowest BCUT2D eigenvalue weighted by atomic mass is 9.87. The number of nitrogens with zero attached hydrogens (tertiary/aromatic N) is 4. The fourth-order valence-electron chi connectivity index (χ4n) is 2.86. The molecule has 0 bridgehead atoms. The van der Waals surface area contributed by atoms with Gasteiger partial charge in [0.2, 0.25) is 0 Å². The molecule has 0 amide bonds. The number of thiophene rings is 1. The maximum absolute atomic E-state index is 13.3. The number of hydrogen-bond donors (Lipinski definition) is 0. The van der Waals surface area contributed by atoms with E-state index in [1.807, 2.05) is 11.4 Å². The van der Waals surface area contributed by atoms with Crippen LogP contribution in [-0.4, -0.2) is 20.2 Å². The largest absolute Gasteiger partial charge is 0.416 e. The molecule has 1 atom stereocenters. The molecule has 3 heterocycles. The van der Waals surface area contributed by atoms with Crippen molar-refractivity contribution in [1.29, 1.82) is 0 Å². The zero-order valence-corrected chi connectivity index (χ0v) is 11.9. The molecule has 1 aliphatic heterocycles. The van der Waals surface area contributed by atoms with Crippen molar-refractivity contribution >= 4 is 11.3 Å². The summed E-state index contributed by atoms with van der Waals surface area (Å²) in [6.45, 7) is 0. The fourth-order valence-corrected chi connectivity index (χ4v) is 3.85.